The summed E-state index contributed by atoms with van der Waals surface area (Å²) >= 11 is 0. The largest absolute Gasteiger partial charge is 0.0988 e. The van der Waals surface area contributed by atoms with E-state index in [0.29, 0.717) is 10.8 Å². The molecule has 0 atom stereocenters. The molecule has 0 N–H and O–H groups in total. The smallest absolute Gasteiger partial charge is 0.00491 e. The Morgan fingerprint density at radius 1 is 0.895 bits per heavy atom. The van der Waals surface area contributed by atoms with Crippen molar-refractivity contribution in [2.24, 2.45) is 10.8 Å². The molecule has 1 aliphatic rings. The minimum absolute atomic E-state index is 0.366. The number of rotatable bonds is 6. The van der Waals surface area contributed by atoms with E-state index in [4.69, 9.17) is 0 Å². The average molecular weight is 260 g/mol. The Bertz CT molecular complexity index is 359. The third-order valence-corrected chi connectivity index (χ3v) is 5.76. The lowest BCUT2D eigenvalue weighted by atomic mass is 9.57. The quantitative estimate of drug-likeness (QED) is 0.514. The van der Waals surface area contributed by atoms with Gasteiger partial charge >= 0.3 is 0 Å². The summed E-state index contributed by atoms with van der Waals surface area (Å²) in [6.07, 6.45) is 14.3. The zero-order valence-electron chi connectivity index (χ0n) is 13.7. The topological polar surface area (TPSA) is 0 Å². The van der Waals surface area contributed by atoms with Crippen LogP contribution in [0.25, 0.3) is 0 Å². The van der Waals surface area contributed by atoms with Gasteiger partial charge in [0.2, 0.25) is 0 Å². The zero-order chi connectivity index (χ0) is 14.5. The van der Waals surface area contributed by atoms with Crippen molar-refractivity contribution in [2.75, 3.05) is 0 Å². The summed E-state index contributed by atoms with van der Waals surface area (Å²) in [5.41, 5.74) is 3.85. The molecule has 0 amide bonds. The number of hydrogen-bond donors (Lipinski definition) is 0. The maximum atomic E-state index is 4.15. The second-order valence-corrected chi connectivity index (χ2v) is 6.01. The van der Waals surface area contributed by atoms with E-state index in [0.717, 1.165) is 0 Å². The van der Waals surface area contributed by atoms with E-state index >= 15 is 0 Å². The van der Waals surface area contributed by atoms with Crippen molar-refractivity contribution >= 4 is 0 Å². The molecule has 1 aliphatic carbocycles. The summed E-state index contributed by atoms with van der Waals surface area (Å²) in [5.74, 6) is 0. The van der Waals surface area contributed by atoms with Crippen LogP contribution in [0.3, 0.4) is 0 Å². The van der Waals surface area contributed by atoms with Gasteiger partial charge in [0.1, 0.15) is 0 Å². The highest BCUT2D eigenvalue weighted by atomic mass is 14.5. The van der Waals surface area contributed by atoms with Gasteiger partial charge in [-0.05, 0) is 67.4 Å². The van der Waals surface area contributed by atoms with Gasteiger partial charge < -0.3 is 0 Å². The van der Waals surface area contributed by atoms with Crippen LogP contribution in [0.4, 0.5) is 0 Å². The Kier molecular flexibility index (Phi) is 5.64. The van der Waals surface area contributed by atoms with Crippen LogP contribution in [0, 0.1) is 10.8 Å². The van der Waals surface area contributed by atoms with Crippen molar-refractivity contribution in [3.05, 3.63) is 36.0 Å². The van der Waals surface area contributed by atoms with Crippen LogP contribution in [-0.2, 0) is 0 Å². The van der Waals surface area contributed by atoms with Crippen molar-refractivity contribution in [3.63, 3.8) is 0 Å². The normalized spacial score (nSPS) is 21.9. The Balaban J connectivity index is 3.53. The highest BCUT2D eigenvalue weighted by Gasteiger charge is 2.43. The number of allylic oxidation sites excluding steroid dienone is 5. The molecular formula is C19H32. The van der Waals surface area contributed by atoms with E-state index < -0.39 is 0 Å². The maximum Gasteiger partial charge on any atom is -0.00491 e. The van der Waals surface area contributed by atoms with Crippen LogP contribution in [0.5, 0.6) is 0 Å². The third kappa shape index (κ3) is 2.59. The van der Waals surface area contributed by atoms with E-state index in [1.807, 2.05) is 0 Å². The van der Waals surface area contributed by atoms with E-state index in [1.54, 1.807) is 5.57 Å². The van der Waals surface area contributed by atoms with Gasteiger partial charge in [0.15, 0.2) is 0 Å². The number of hydrogen-bond acceptors (Lipinski definition) is 0. The van der Waals surface area contributed by atoms with Crippen molar-refractivity contribution in [1.82, 2.24) is 0 Å². The predicted molar refractivity (Wildman–Crippen MR) is 87.3 cm³/mol. The predicted octanol–water partition coefficient (Wildman–Crippen LogP) is 6.45. The van der Waals surface area contributed by atoms with Crippen LogP contribution in [0.1, 0.15) is 73.1 Å². The zero-order valence-corrected chi connectivity index (χ0v) is 13.7. The molecule has 0 heteroatoms. The summed E-state index contributed by atoms with van der Waals surface area (Å²) in [5, 5.41) is 0. The fourth-order valence-electron chi connectivity index (χ4n) is 4.05. The van der Waals surface area contributed by atoms with Crippen molar-refractivity contribution < 1.29 is 0 Å². The van der Waals surface area contributed by atoms with Crippen molar-refractivity contribution in [3.8, 4) is 0 Å². The van der Waals surface area contributed by atoms with Gasteiger partial charge in [-0.1, -0.05) is 52.5 Å². The van der Waals surface area contributed by atoms with Gasteiger partial charge in [0.05, 0.1) is 0 Å². The fourth-order valence-corrected chi connectivity index (χ4v) is 4.05. The summed E-state index contributed by atoms with van der Waals surface area (Å²) < 4.78 is 0. The lowest BCUT2D eigenvalue weighted by Crippen LogP contribution is -2.35. The second-order valence-electron chi connectivity index (χ2n) is 6.01. The summed E-state index contributed by atoms with van der Waals surface area (Å²) in [7, 11) is 0. The lowest BCUT2D eigenvalue weighted by Gasteiger charge is -2.48. The van der Waals surface area contributed by atoms with E-state index in [1.165, 1.54) is 44.1 Å². The van der Waals surface area contributed by atoms with E-state index in [9.17, 15) is 0 Å². The first kappa shape index (κ1) is 16.3. The van der Waals surface area contributed by atoms with Crippen molar-refractivity contribution in [2.45, 2.75) is 73.1 Å². The molecular weight excluding hydrogens is 228 g/mol. The molecule has 0 heterocycles. The van der Waals surface area contributed by atoms with Crippen LogP contribution < -0.4 is 0 Å². The second kappa shape index (κ2) is 6.59. The molecule has 0 radical (unpaired) electrons. The molecule has 0 saturated carbocycles. The van der Waals surface area contributed by atoms with Crippen LogP contribution in [0.15, 0.2) is 36.0 Å². The molecule has 0 aromatic heterocycles. The third-order valence-electron chi connectivity index (χ3n) is 5.76. The SMILES string of the molecule is C=CC1=C(/C=C\C)C(CC)(CC)CCC1(CC)CC. The monoisotopic (exact) mass is 260 g/mol. The molecule has 0 spiro atoms. The minimum atomic E-state index is 0.366. The molecule has 1 rings (SSSR count). The van der Waals surface area contributed by atoms with Gasteiger partial charge in [0, 0.05) is 0 Å². The van der Waals surface area contributed by atoms with Crippen LogP contribution in [0.2, 0.25) is 0 Å². The average Bonchev–Trinajstić information content (AvgIpc) is 2.47. The first-order valence-corrected chi connectivity index (χ1v) is 8.10. The first-order chi connectivity index (χ1) is 9.09. The first-order valence-electron chi connectivity index (χ1n) is 8.10. The summed E-state index contributed by atoms with van der Waals surface area (Å²) in [4.78, 5) is 0. The molecule has 0 saturated heterocycles. The molecule has 0 aromatic rings. The van der Waals surface area contributed by atoms with Gasteiger partial charge in [0.25, 0.3) is 0 Å². The molecule has 0 aromatic carbocycles. The van der Waals surface area contributed by atoms with Crippen LogP contribution >= 0.6 is 0 Å². The maximum absolute atomic E-state index is 4.15. The summed E-state index contributed by atoms with van der Waals surface area (Å²) in [6, 6.07) is 0. The fraction of sp³-hybridized carbons (Fsp3) is 0.684. The molecule has 0 unspecified atom stereocenters. The van der Waals surface area contributed by atoms with Crippen LogP contribution in [-0.4, -0.2) is 0 Å². The molecule has 0 bridgehead atoms. The summed E-state index contributed by atoms with van der Waals surface area (Å²) in [6.45, 7) is 15.7. The molecule has 0 nitrogen and oxygen atoms in total. The van der Waals surface area contributed by atoms with Gasteiger partial charge in [-0.2, -0.15) is 0 Å². The Hall–Kier alpha value is -0.780. The van der Waals surface area contributed by atoms with Gasteiger partial charge in [-0.3, -0.25) is 0 Å². The van der Waals surface area contributed by atoms with E-state index in [-0.39, 0.29) is 0 Å². The van der Waals surface area contributed by atoms with Gasteiger partial charge in [-0.15, -0.1) is 0 Å². The highest BCUT2D eigenvalue weighted by molar-refractivity contribution is 5.43. The van der Waals surface area contributed by atoms with Crippen molar-refractivity contribution in [1.29, 1.82) is 0 Å². The Morgan fingerprint density at radius 3 is 1.63 bits per heavy atom. The Morgan fingerprint density at radius 2 is 1.32 bits per heavy atom. The van der Waals surface area contributed by atoms with Gasteiger partial charge in [-0.25, -0.2) is 0 Å². The highest BCUT2D eigenvalue weighted by Crippen LogP contribution is 2.55. The van der Waals surface area contributed by atoms with E-state index in [2.05, 4.69) is 59.4 Å². The Labute approximate surface area is 120 Å². The molecule has 0 aliphatic heterocycles. The minimum Gasteiger partial charge on any atom is -0.0988 e. The lowest BCUT2D eigenvalue weighted by molar-refractivity contribution is 0.184. The molecule has 19 heavy (non-hydrogen) atoms. The molecule has 0 fully saturated rings. The molecule has 108 valence electrons. The standard InChI is InChI=1S/C19H32/c1-7-13-17-16(8-2)18(9-3,10-4)14-15-19(17,11-5)12-6/h7-8,13H,2,9-12,14-15H2,1,3-6H3/b13-7-.